The molecular weight excluding hydrogens is 380 g/mol. The van der Waals surface area contributed by atoms with Gasteiger partial charge in [-0.1, -0.05) is 53.2 Å². The van der Waals surface area contributed by atoms with Crippen molar-refractivity contribution in [2.75, 3.05) is 6.54 Å². The first-order valence-electron chi connectivity index (χ1n) is 8.59. The number of azo groups is 1. The van der Waals surface area contributed by atoms with Crippen LogP contribution in [0.3, 0.4) is 0 Å². The molecule has 7 nitrogen and oxygen atoms in total. The van der Waals surface area contributed by atoms with Crippen molar-refractivity contribution in [1.29, 1.82) is 0 Å². The molecule has 0 fully saturated rings. The first kappa shape index (κ1) is 18.1. The van der Waals surface area contributed by atoms with E-state index in [0.717, 1.165) is 5.56 Å². The van der Waals surface area contributed by atoms with Crippen LogP contribution in [0.5, 0.6) is 0 Å². The molecule has 1 aromatic heterocycles. The number of carbonyl (C=O) groups excluding carboxylic acids is 2. The predicted octanol–water partition coefficient (Wildman–Crippen LogP) is 4.38. The number of hydrogen-bond donors (Lipinski definition) is 1. The van der Waals surface area contributed by atoms with Gasteiger partial charge in [0.15, 0.2) is 0 Å². The summed E-state index contributed by atoms with van der Waals surface area (Å²) in [6.45, 7) is 1.84. The average Bonchev–Trinajstić information content (AvgIpc) is 3.09. The van der Waals surface area contributed by atoms with Crippen LogP contribution in [0.1, 0.15) is 38.1 Å². The van der Waals surface area contributed by atoms with E-state index in [4.69, 9.17) is 16.1 Å². The van der Waals surface area contributed by atoms with Gasteiger partial charge in [-0.05, 0) is 24.6 Å². The number of carbonyl (C=O) groups is 2. The van der Waals surface area contributed by atoms with Gasteiger partial charge in [-0.15, -0.1) is 5.11 Å². The fraction of sp³-hybridized carbons (Fsp3) is 0.150. The van der Waals surface area contributed by atoms with Crippen molar-refractivity contribution in [3.8, 4) is 11.3 Å². The first-order chi connectivity index (χ1) is 13.6. The predicted molar refractivity (Wildman–Crippen MR) is 102 cm³/mol. The van der Waals surface area contributed by atoms with E-state index in [0.29, 0.717) is 33.2 Å². The van der Waals surface area contributed by atoms with Gasteiger partial charge in [0.1, 0.15) is 23.1 Å². The minimum Gasteiger partial charge on any atom is -0.360 e. The van der Waals surface area contributed by atoms with Crippen molar-refractivity contribution in [2.45, 2.75) is 13.0 Å². The third-order valence-electron chi connectivity index (χ3n) is 4.51. The molecule has 0 radical (unpaired) electrons. The number of rotatable bonds is 4. The normalized spacial score (nSPS) is 15.4. The largest absolute Gasteiger partial charge is 0.360 e. The second-order valence-electron chi connectivity index (χ2n) is 6.28. The van der Waals surface area contributed by atoms with E-state index >= 15 is 0 Å². The number of halogens is 1. The Morgan fingerprint density at radius 2 is 1.86 bits per heavy atom. The molecule has 3 aromatic rings. The fourth-order valence-corrected chi connectivity index (χ4v) is 3.35. The molecule has 0 bridgehead atoms. The van der Waals surface area contributed by atoms with Crippen LogP contribution in [0.2, 0.25) is 5.02 Å². The number of nitrogens with one attached hydrogen (secondary N) is 1. The van der Waals surface area contributed by atoms with E-state index in [1.807, 2.05) is 18.2 Å². The number of fused-ring (bicyclic) bond motifs is 1. The van der Waals surface area contributed by atoms with E-state index in [9.17, 15) is 9.59 Å². The molecule has 1 aliphatic rings. The zero-order chi connectivity index (χ0) is 19.7. The van der Waals surface area contributed by atoms with Crippen LogP contribution in [-0.2, 0) is 0 Å². The van der Waals surface area contributed by atoms with E-state index < -0.39 is 6.04 Å². The molecule has 0 saturated heterocycles. The molecule has 1 unspecified atom stereocenters. The average molecular weight is 395 g/mol. The summed E-state index contributed by atoms with van der Waals surface area (Å²) in [5.41, 5.74) is 2.52. The Kier molecular flexibility index (Phi) is 4.75. The lowest BCUT2D eigenvalue weighted by Crippen LogP contribution is -2.29. The second kappa shape index (κ2) is 7.36. The molecule has 8 heteroatoms. The zero-order valence-corrected chi connectivity index (χ0v) is 15.6. The van der Waals surface area contributed by atoms with Crippen molar-refractivity contribution >= 4 is 23.4 Å². The summed E-state index contributed by atoms with van der Waals surface area (Å²) in [5.74, 6) is -0.361. The summed E-state index contributed by atoms with van der Waals surface area (Å²) in [4.78, 5) is 24.7. The molecule has 2 amide bonds. The maximum atomic E-state index is 12.9. The van der Waals surface area contributed by atoms with E-state index in [1.165, 1.54) is 0 Å². The van der Waals surface area contributed by atoms with Crippen molar-refractivity contribution in [2.24, 2.45) is 10.2 Å². The molecule has 0 aliphatic carbocycles. The van der Waals surface area contributed by atoms with Crippen molar-refractivity contribution < 1.29 is 14.1 Å². The number of benzene rings is 2. The molecular formula is C20H15ClN4O3. The molecule has 1 aliphatic heterocycles. The molecule has 1 N–H and O–H groups in total. The lowest BCUT2D eigenvalue weighted by molar-refractivity contribution is 0.0949. The third kappa shape index (κ3) is 3.20. The number of amides is 2. The highest BCUT2D eigenvalue weighted by Gasteiger charge is 2.26. The van der Waals surface area contributed by atoms with Crippen LogP contribution in [0.25, 0.3) is 11.3 Å². The van der Waals surface area contributed by atoms with Gasteiger partial charge in [0.2, 0.25) is 0 Å². The summed E-state index contributed by atoms with van der Waals surface area (Å²) in [6, 6.07) is 13.8. The van der Waals surface area contributed by atoms with Gasteiger partial charge in [-0.2, -0.15) is 5.11 Å². The Bertz CT molecular complexity index is 1110. The molecule has 4 rings (SSSR count). The van der Waals surface area contributed by atoms with Crippen LogP contribution in [0, 0.1) is 6.92 Å². The van der Waals surface area contributed by atoms with Crippen LogP contribution in [0.4, 0.5) is 0 Å². The molecule has 140 valence electrons. The van der Waals surface area contributed by atoms with Gasteiger partial charge < -0.3 is 9.84 Å². The monoisotopic (exact) mass is 394 g/mol. The maximum absolute atomic E-state index is 12.9. The highest BCUT2D eigenvalue weighted by Crippen LogP contribution is 2.31. The highest BCUT2D eigenvalue weighted by molar-refractivity contribution is 6.33. The fourth-order valence-electron chi connectivity index (χ4n) is 3.13. The molecule has 1 atom stereocenters. The molecule has 2 heterocycles. The SMILES string of the molecule is Cc1onc(-c2ccccc2Cl)c1C(=O)NCC1N=NC(=O)c2ccccc21. The Labute approximate surface area is 165 Å². The van der Waals surface area contributed by atoms with Gasteiger partial charge in [-0.3, -0.25) is 9.59 Å². The third-order valence-corrected chi connectivity index (χ3v) is 4.84. The minimum atomic E-state index is -0.443. The standard InChI is InChI=1S/C20H15ClN4O3/c1-11-17(18(25-28-11)14-8-4-5-9-15(14)21)20(27)22-10-16-12-6-2-3-7-13(12)19(26)24-23-16/h2-9,16H,10H2,1H3,(H,22,27). The van der Waals surface area contributed by atoms with Gasteiger partial charge in [-0.25, -0.2) is 0 Å². The van der Waals surface area contributed by atoms with E-state index in [-0.39, 0.29) is 18.4 Å². The molecule has 0 saturated carbocycles. The van der Waals surface area contributed by atoms with Gasteiger partial charge in [0.25, 0.3) is 11.8 Å². The van der Waals surface area contributed by atoms with Crippen LogP contribution in [0.15, 0.2) is 63.3 Å². The second-order valence-corrected chi connectivity index (χ2v) is 6.68. The zero-order valence-electron chi connectivity index (χ0n) is 14.8. The van der Waals surface area contributed by atoms with Gasteiger partial charge in [0, 0.05) is 17.7 Å². The van der Waals surface area contributed by atoms with E-state index in [2.05, 4.69) is 20.7 Å². The topological polar surface area (TPSA) is 96.9 Å². The van der Waals surface area contributed by atoms with Gasteiger partial charge in [0.05, 0.1) is 5.02 Å². The quantitative estimate of drug-likeness (QED) is 0.710. The summed E-state index contributed by atoms with van der Waals surface area (Å²) < 4.78 is 5.23. The van der Waals surface area contributed by atoms with Crippen LogP contribution >= 0.6 is 11.6 Å². The van der Waals surface area contributed by atoms with Crippen molar-refractivity contribution in [3.05, 3.63) is 76.0 Å². The first-order valence-corrected chi connectivity index (χ1v) is 8.97. The lowest BCUT2D eigenvalue weighted by atomic mass is 9.99. The highest BCUT2D eigenvalue weighted by atomic mass is 35.5. The van der Waals surface area contributed by atoms with Gasteiger partial charge >= 0.3 is 0 Å². The lowest BCUT2D eigenvalue weighted by Gasteiger charge is -2.18. The number of aryl methyl sites for hydroxylation is 1. The Balaban J connectivity index is 1.58. The Morgan fingerprint density at radius 3 is 2.64 bits per heavy atom. The molecule has 28 heavy (non-hydrogen) atoms. The number of nitrogens with zero attached hydrogens (tertiary/aromatic N) is 3. The van der Waals surface area contributed by atoms with Crippen molar-refractivity contribution in [1.82, 2.24) is 10.5 Å². The Morgan fingerprint density at radius 1 is 1.14 bits per heavy atom. The molecule has 2 aromatic carbocycles. The van der Waals surface area contributed by atoms with Crippen LogP contribution in [-0.4, -0.2) is 23.5 Å². The van der Waals surface area contributed by atoms with Crippen LogP contribution < -0.4 is 5.32 Å². The summed E-state index contributed by atoms with van der Waals surface area (Å²) in [6.07, 6.45) is 0. The summed E-state index contributed by atoms with van der Waals surface area (Å²) in [5, 5.41) is 15.0. The smallest absolute Gasteiger partial charge is 0.295 e. The molecule has 0 spiro atoms. The van der Waals surface area contributed by atoms with Crippen molar-refractivity contribution in [3.63, 3.8) is 0 Å². The maximum Gasteiger partial charge on any atom is 0.295 e. The summed E-state index contributed by atoms with van der Waals surface area (Å²) in [7, 11) is 0. The number of hydrogen-bond acceptors (Lipinski definition) is 5. The van der Waals surface area contributed by atoms with E-state index in [1.54, 1.807) is 37.3 Å². The minimum absolute atomic E-state index is 0.180. The number of aromatic nitrogens is 1. The Hall–Kier alpha value is -3.32. The summed E-state index contributed by atoms with van der Waals surface area (Å²) >= 11 is 6.24.